The van der Waals surface area contributed by atoms with E-state index in [0.717, 1.165) is 36.2 Å². The van der Waals surface area contributed by atoms with Crippen LogP contribution in [0, 0.1) is 5.92 Å². The summed E-state index contributed by atoms with van der Waals surface area (Å²) >= 11 is 3.40. The molecule has 1 aliphatic heterocycles. The van der Waals surface area contributed by atoms with Gasteiger partial charge in [0.1, 0.15) is 5.75 Å². The minimum atomic E-state index is -2.23. The smallest absolute Gasteiger partial charge is 0.251 e. The molecule has 0 aromatic heterocycles. The Kier molecular flexibility index (Phi) is 5.58. The monoisotopic (exact) mass is 333 g/mol. The number of nitrogens with zero attached hydrogens (tertiary/aromatic N) is 1. The van der Waals surface area contributed by atoms with Crippen molar-refractivity contribution in [3.63, 3.8) is 0 Å². The van der Waals surface area contributed by atoms with Crippen molar-refractivity contribution in [2.45, 2.75) is 19.3 Å². The van der Waals surface area contributed by atoms with Gasteiger partial charge in [0.2, 0.25) is 0 Å². The van der Waals surface area contributed by atoms with E-state index in [1.165, 1.54) is 0 Å². The lowest BCUT2D eigenvalue weighted by molar-refractivity contribution is 0.0620. The normalized spacial score (nSPS) is 17.9. The van der Waals surface area contributed by atoms with Crippen LogP contribution in [0.3, 0.4) is 0 Å². The molecule has 0 aliphatic carbocycles. The molecule has 0 bridgehead atoms. The molecule has 0 atom stereocenters. The minimum Gasteiger partial charge on any atom is -0.493 e. The van der Waals surface area contributed by atoms with Crippen LogP contribution in [0.2, 0.25) is 0 Å². The van der Waals surface area contributed by atoms with Crippen LogP contribution in [0.1, 0.15) is 12.8 Å². The molecule has 0 N–H and O–H groups in total. The van der Waals surface area contributed by atoms with Crippen molar-refractivity contribution >= 4 is 15.9 Å². The molecule has 1 aromatic rings. The lowest BCUT2D eigenvalue weighted by Crippen LogP contribution is -2.38. The maximum atomic E-state index is 12.3. The summed E-state index contributed by atoms with van der Waals surface area (Å²) in [5.41, 5.74) is 0. The van der Waals surface area contributed by atoms with Gasteiger partial charge in [-0.25, -0.2) is 8.78 Å². The number of halogens is 3. The lowest BCUT2D eigenvalue weighted by atomic mass is 9.98. The minimum absolute atomic E-state index is 0.0980. The SMILES string of the molecule is FC(F)CN1CCC(COc2cccc(Br)c2)CC1. The fraction of sp³-hybridized carbons (Fsp3) is 0.571. The maximum Gasteiger partial charge on any atom is 0.251 e. The van der Waals surface area contributed by atoms with E-state index in [2.05, 4.69) is 15.9 Å². The molecule has 2 rings (SSSR count). The fourth-order valence-electron chi connectivity index (χ4n) is 2.30. The number of rotatable bonds is 5. The third-order valence-corrected chi connectivity index (χ3v) is 3.88. The topological polar surface area (TPSA) is 12.5 Å². The van der Waals surface area contributed by atoms with Gasteiger partial charge in [-0.3, -0.25) is 4.90 Å². The first-order valence-electron chi connectivity index (χ1n) is 6.52. The van der Waals surface area contributed by atoms with Gasteiger partial charge in [0.05, 0.1) is 13.2 Å². The van der Waals surface area contributed by atoms with Gasteiger partial charge in [-0.05, 0) is 50.0 Å². The Balaban J connectivity index is 1.71. The largest absolute Gasteiger partial charge is 0.493 e. The van der Waals surface area contributed by atoms with Crippen molar-refractivity contribution < 1.29 is 13.5 Å². The summed E-state index contributed by atoms with van der Waals surface area (Å²) in [6, 6.07) is 7.75. The summed E-state index contributed by atoms with van der Waals surface area (Å²) in [5, 5.41) is 0. The highest BCUT2D eigenvalue weighted by atomic mass is 79.9. The Bertz CT molecular complexity index is 395. The van der Waals surface area contributed by atoms with Crippen LogP contribution < -0.4 is 4.74 Å². The van der Waals surface area contributed by atoms with Crippen LogP contribution >= 0.6 is 15.9 Å². The van der Waals surface area contributed by atoms with E-state index in [-0.39, 0.29) is 6.54 Å². The molecular weight excluding hydrogens is 316 g/mol. The van der Waals surface area contributed by atoms with E-state index in [1.54, 1.807) is 0 Å². The number of likely N-dealkylation sites (tertiary alicyclic amines) is 1. The molecule has 1 saturated heterocycles. The predicted molar refractivity (Wildman–Crippen MR) is 74.8 cm³/mol. The molecule has 0 amide bonds. The third-order valence-electron chi connectivity index (χ3n) is 3.39. The van der Waals surface area contributed by atoms with Crippen LogP contribution in [0.25, 0.3) is 0 Å². The summed E-state index contributed by atoms with van der Waals surface area (Å²) in [4.78, 5) is 1.83. The van der Waals surface area contributed by atoms with Crippen LogP contribution in [-0.2, 0) is 0 Å². The standard InChI is InChI=1S/C14H18BrF2NO/c15-12-2-1-3-13(8-12)19-10-11-4-6-18(7-5-11)9-14(16)17/h1-3,8,11,14H,4-7,9-10H2. The van der Waals surface area contributed by atoms with Gasteiger partial charge in [0, 0.05) is 4.47 Å². The van der Waals surface area contributed by atoms with Gasteiger partial charge in [0.15, 0.2) is 0 Å². The first-order chi connectivity index (χ1) is 9.13. The lowest BCUT2D eigenvalue weighted by Gasteiger charge is -2.31. The number of hydrogen-bond acceptors (Lipinski definition) is 2. The first-order valence-corrected chi connectivity index (χ1v) is 7.31. The molecule has 1 heterocycles. The van der Waals surface area contributed by atoms with Crippen LogP contribution in [0.4, 0.5) is 8.78 Å². The van der Waals surface area contributed by atoms with Gasteiger partial charge < -0.3 is 4.74 Å². The van der Waals surface area contributed by atoms with Gasteiger partial charge in [0.25, 0.3) is 6.43 Å². The second-order valence-electron chi connectivity index (χ2n) is 4.90. The van der Waals surface area contributed by atoms with Crippen molar-refractivity contribution in [3.05, 3.63) is 28.7 Å². The van der Waals surface area contributed by atoms with Crippen LogP contribution in [0.15, 0.2) is 28.7 Å². The third kappa shape index (κ3) is 5.07. The molecule has 0 unspecified atom stereocenters. The molecule has 0 radical (unpaired) electrons. The van der Waals surface area contributed by atoms with Crippen molar-refractivity contribution in [2.75, 3.05) is 26.2 Å². The van der Waals surface area contributed by atoms with E-state index >= 15 is 0 Å². The molecule has 106 valence electrons. The van der Waals surface area contributed by atoms with Gasteiger partial charge in [-0.2, -0.15) is 0 Å². The second kappa shape index (κ2) is 7.20. The van der Waals surface area contributed by atoms with Gasteiger partial charge >= 0.3 is 0 Å². The number of benzene rings is 1. The molecule has 5 heteroatoms. The number of hydrogen-bond donors (Lipinski definition) is 0. The molecule has 0 saturated carbocycles. The quantitative estimate of drug-likeness (QED) is 0.812. The fourth-order valence-corrected chi connectivity index (χ4v) is 2.68. The number of piperidine rings is 1. The van der Waals surface area contributed by atoms with E-state index < -0.39 is 6.43 Å². The average molecular weight is 334 g/mol. The summed E-state index contributed by atoms with van der Waals surface area (Å²) in [5.74, 6) is 1.32. The highest BCUT2D eigenvalue weighted by Crippen LogP contribution is 2.22. The molecular formula is C14H18BrF2NO. The van der Waals surface area contributed by atoms with Crippen LogP contribution in [-0.4, -0.2) is 37.6 Å². The zero-order chi connectivity index (χ0) is 13.7. The Hall–Kier alpha value is -0.680. The highest BCUT2D eigenvalue weighted by Gasteiger charge is 2.21. The summed E-state index contributed by atoms with van der Waals surface area (Å²) in [7, 11) is 0. The molecule has 1 fully saturated rings. The average Bonchev–Trinajstić information content (AvgIpc) is 2.37. The van der Waals surface area contributed by atoms with Crippen molar-refractivity contribution in [1.82, 2.24) is 4.90 Å². The van der Waals surface area contributed by atoms with E-state index in [9.17, 15) is 8.78 Å². The molecule has 2 nitrogen and oxygen atoms in total. The molecule has 19 heavy (non-hydrogen) atoms. The predicted octanol–water partition coefficient (Wildman–Crippen LogP) is 3.81. The van der Waals surface area contributed by atoms with Gasteiger partial charge in [-0.1, -0.05) is 22.0 Å². The van der Waals surface area contributed by atoms with Crippen molar-refractivity contribution in [2.24, 2.45) is 5.92 Å². The first kappa shape index (κ1) is 14.7. The van der Waals surface area contributed by atoms with Crippen molar-refractivity contribution in [1.29, 1.82) is 0 Å². The zero-order valence-electron chi connectivity index (χ0n) is 10.7. The van der Waals surface area contributed by atoms with E-state index in [1.807, 2.05) is 29.2 Å². The number of alkyl halides is 2. The Morgan fingerprint density at radius 1 is 1.32 bits per heavy atom. The Morgan fingerprint density at radius 2 is 2.05 bits per heavy atom. The summed E-state index contributed by atoms with van der Waals surface area (Å²) < 4.78 is 31.2. The zero-order valence-corrected chi connectivity index (χ0v) is 12.3. The maximum absolute atomic E-state index is 12.3. The summed E-state index contributed by atoms with van der Waals surface area (Å²) in [6.07, 6.45) is -0.365. The highest BCUT2D eigenvalue weighted by molar-refractivity contribution is 9.10. The van der Waals surface area contributed by atoms with Gasteiger partial charge in [-0.15, -0.1) is 0 Å². The van der Waals surface area contributed by atoms with E-state index in [0.29, 0.717) is 12.5 Å². The second-order valence-corrected chi connectivity index (χ2v) is 5.82. The molecule has 1 aromatic carbocycles. The Labute approximate surface area is 120 Å². The summed E-state index contributed by atoms with van der Waals surface area (Å²) in [6.45, 7) is 2.06. The molecule has 1 aliphatic rings. The number of ether oxygens (including phenoxy) is 1. The Morgan fingerprint density at radius 3 is 2.68 bits per heavy atom. The van der Waals surface area contributed by atoms with Crippen LogP contribution in [0.5, 0.6) is 5.75 Å². The van der Waals surface area contributed by atoms with Crippen molar-refractivity contribution in [3.8, 4) is 5.75 Å². The molecule has 0 spiro atoms. The van der Waals surface area contributed by atoms with E-state index in [4.69, 9.17) is 4.74 Å².